The van der Waals surface area contributed by atoms with Crippen LogP contribution in [0.1, 0.15) is 28.4 Å². The number of anilines is 2. The fraction of sp³-hybridized carbons (Fsp3) is 0.280. The summed E-state index contributed by atoms with van der Waals surface area (Å²) in [4.78, 5) is 26.1. The zero-order chi connectivity index (χ0) is 24.8. The summed E-state index contributed by atoms with van der Waals surface area (Å²) in [5.41, 5.74) is 7.28. The Balaban J connectivity index is 1.41. The van der Waals surface area contributed by atoms with Crippen LogP contribution >= 0.6 is 0 Å². The number of carbonyl (C=O) groups is 2. The van der Waals surface area contributed by atoms with Crippen molar-refractivity contribution < 1.29 is 18.7 Å². The quantitative estimate of drug-likeness (QED) is 0.536. The fourth-order valence-corrected chi connectivity index (χ4v) is 4.05. The standard InChI is InChI=1S/C25H25FN6O3/c26-19-6-8-20(9-7-19)29-24-21(23(28)33)16-32(30-24)22-10-12-31(15-18(22)14-27)25(34)35-13-11-17-4-2-1-3-5-17/h1-9,16,18,22H,10-13,15H2,(H2,28,33)(H,29,30). The van der Waals surface area contributed by atoms with Gasteiger partial charge >= 0.3 is 6.09 Å². The maximum absolute atomic E-state index is 13.2. The van der Waals surface area contributed by atoms with Gasteiger partial charge in [-0.25, -0.2) is 9.18 Å². The van der Waals surface area contributed by atoms with Gasteiger partial charge in [0.05, 0.1) is 24.6 Å². The van der Waals surface area contributed by atoms with Crippen LogP contribution in [0.2, 0.25) is 0 Å². The van der Waals surface area contributed by atoms with Gasteiger partial charge in [0, 0.05) is 31.4 Å². The number of nitriles is 1. The molecule has 2 aromatic carbocycles. The van der Waals surface area contributed by atoms with E-state index in [1.54, 1.807) is 0 Å². The highest BCUT2D eigenvalue weighted by Crippen LogP contribution is 2.30. The number of halogens is 1. The summed E-state index contributed by atoms with van der Waals surface area (Å²) in [7, 11) is 0. The van der Waals surface area contributed by atoms with Gasteiger partial charge in [-0.2, -0.15) is 10.4 Å². The van der Waals surface area contributed by atoms with E-state index in [0.717, 1.165) is 5.56 Å². The van der Waals surface area contributed by atoms with Crippen LogP contribution in [0.4, 0.5) is 20.7 Å². The molecule has 1 aliphatic heterocycles. The molecule has 3 aromatic rings. The van der Waals surface area contributed by atoms with Crippen LogP contribution in [-0.4, -0.2) is 46.4 Å². The molecule has 2 unspecified atom stereocenters. The van der Waals surface area contributed by atoms with Crippen molar-refractivity contribution >= 4 is 23.5 Å². The van der Waals surface area contributed by atoms with Crippen molar-refractivity contribution in [3.8, 4) is 6.07 Å². The van der Waals surface area contributed by atoms with Crippen molar-refractivity contribution in [3.63, 3.8) is 0 Å². The van der Waals surface area contributed by atoms with Crippen LogP contribution in [0.15, 0.2) is 60.8 Å². The lowest BCUT2D eigenvalue weighted by Gasteiger charge is -2.34. The number of benzene rings is 2. The first-order chi connectivity index (χ1) is 16.9. The Hall–Kier alpha value is -4.39. The number of nitrogens with zero attached hydrogens (tertiary/aromatic N) is 4. The third-order valence-electron chi connectivity index (χ3n) is 5.90. The van der Waals surface area contributed by atoms with Gasteiger partial charge in [-0.05, 0) is 36.2 Å². The van der Waals surface area contributed by atoms with Crippen LogP contribution in [0.25, 0.3) is 0 Å². The Morgan fingerprint density at radius 1 is 1.20 bits per heavy atom. The molecule has 4 rings (SSSR count). The molecule has 3 N–H and O–H groups in total. The van der Waals surface area contributed by atoms with Crippen molar-refractivity contribution in [1.29, 1.82) is 5.26 Å². The molecule has 0 saturated carbocycles. The Morgan fingerprint density at radius 3 is 2.63 bits per heavy atom. The molecule has 1 aliphatic rings. The van der Waals surface area contributed by atoms with Crippen molar-refractivity contribution in [1.82, 2.24) is 14.7 Å². The smallest absolute Gasteiger partial charge is 0.409 e. The van der Waals surface area contributed by atoms with E-state index in [0.29, 0.717) is 25.1 Å². The van der Waals surface area contributed by atoms with E-state index < -0.39 is 23.7 Å². The molecule has 0 radical (unpaired) electrons. The molecule has 2 atom stereocenters. The lowest BCUT2D eigenvalue weighted by molar-refractivity contribution is 0.0787. The van der Waals surface area contributed by atoms with E-state index in [2.05, 4.69) is 16.5 Å². The Kier molecular flexibility index (Phi) is 7.26. The van der Waals surface area contributed by atoms with Gasteiger partial charge < -0.3 is 20.7 Å². The van der Waals surface area contributed by atoms with Gasteiger partial charge in [0.25, 0.3) is 5.91 Å². The first-order valence-electron chi connectivity index (χ1n) is 11.2. The van der Waals surface area contributed by atoms with Crippen LogP contribution < -0.4 is 11.1 Å². The lowest BCUT2D eigenvalue weighted by Crippen LogP contribution is -2.44. The highest BCUT2D eigenvalue weighted by Gasteiger charge is 2.34. The number of nitrogens with two attached hydrogens (primary N) is 1. The molecule has 9 nitrogen and oxygen atoms in total. The second-order valence-electron chi connectivity index (χ2n) is 8.26. The molecule has 1 aromatic heterocycles. The van der Waals surface area contributed by atoms with Gasteiger partial charge in [-0.1, -0.05) is 30.3 Å². The number of primary amides is 1. The third-order valence-corrected chi connectivity index (χ3v) is 5.90. The van der Waals surface area contributed by atoms with E-state index in [4.69, 9.17) is 10.5 Å². The Morgan fingerprint density at radius 2 is 1.94 bits per heavy atom. The van der Waals surface area contributed by atoms with Gasteiger partial charge in [0.15, 0.2) is 5.82 Å². The van der Waals surface area contributed by atoms with E-state index in [1.807, 2.05) is 30.3 Å². The van der Waals surface area contributed by atoms with Gasteiger partial charge in [-0.15, -0.1) is 0 Å². The van der Waals surface area contributed by atoms with Crippen LogP contribution in [0, 0.1) is 23.1 Å². The van der Waals surface area contributed by atoms with Gasteiger partial charge in [0.2, 0.25) is 0 Å². The SMILES string of the molecule is N#CC1CN(C(=O)OCCc2ccccc2)CCC1n1cc(C(N)=O)c(Nc2ccc(F)cc2)n1. The Labute approximate surface area is 201 Å². The zero-order valence-electron chi connectivity index (χ0n) is 18.9. The number of ether oxygens (including phenoxy) is 1. The predicted molar refractivity (Wildman–Crippen MR) is 126 cm³/mol. The van der Waals surface area contributed by atoms with Crippen LogP contribution in [0.3, 0.4) is 0 Å². The summed E-state index contributed by atoms with van der Waals surface area (Å²) in [5.74, 6) is -1.43. The van der Waals surface area contributed by atoms with Gasteiger partial charge in [0.1, 0.15) is 11.4 Å². The van der Waals surface area contributed by atoms with Crippen LogP contribution in [-0.2, 0) is 11.2 Å². The summed E-state index contributed by atoms with van der Waals surface area (Å²) in [6.07, 6.45) is 2.09. The minimum absolute atomic E-state index is 0.147. The maximum Gasteiger partial charge on any atom is 0.409 e. The summed E-state index contributed by atoms with van der Waals surface area (Å²) in [6, 6.07) is 17.2. The number of amides is 2. The number of hydrogen-bond acceptors (Lipinski definition) is 6. The monoisotopic (exact) mass is 476 g/mol. The number of likely N-dealkylation sites (tertiary alicyclic amines) is 1. The molecular formula is C25H25FN6O3. The zero-order valence-corrected chi connectivity index (χ0v) is 18.9. The van der Waals surface area contributed by atoms with Crippen molar-refractivity contribution in [2.45, 2.75) is 18.9 Å². The number of rotatable bonds is 7. The Bertz CT molecular complexity index is 1220. The molecular weight excluding hydrogens is 451 g/mol. The van der Waals surface area contributed by atoms with E-state index in [-0.39, 0.29) is 30.6 Å². The van der Waals surface area contributed by atoms with Crippen molar-refractivity contribution in [2.24, 2.45) is 11.7 Å². The normalized spacial score (nSPS) is 17.4. The summed E-state index contributed by atoms with van der Waals surface area (Å²) >= 11 is 0. The molecule has 1 fully saturated rings. The summed E-state index contributed by atoms with van der Waals surface area (Å²) in [5, 5.41) is 17.2. The fourth-order valence-electron chi connectivity index (χ4n) is 4.05. The van der Waals surface area contributed by atoms with E-state index in [9.17, 15) is 19.2 Å². The van der Waals surface area contributed by atoms with Gasteiger partial charge in [-0.3, -0.25) is 9.48 Å². The first kappa shape index (κ1) is 23.8. The maximum atomic E-state index is 13.2. The number of aromatic nitrogens is 2. The molecule has 0 aliphatic carbocycles. The predicted octanol–water partition coefficient (Wildman–Crippen LogP) is 3.63. The number of carbonyl (C=O) groups excluding carboxylic acids is 2. The van der Waals surface area contributed by atoms with Crippen molar-refractivity contribution in [2.75, 3.05) is 25.0 Å². The molecule has 2 heterocycles. The molecule has 180 valence electrons. The number of piperidine rings is 1. The second-order valence-corrected chi connectivity index (χ2v) is 8.26. The molecule has 1 saturated heterocycles. The topological polar surface area (TPSA) is 126 Å². The first-order valence-corrected chi connectivity index (χ1v) is 11.2. The molecule has 35 heavy (non-hydrogen) atoms. The molecule has 0 spiro atoms. The average molecular weight is 477 g/mol. The van der Waals surface area contributed by atoms with Crippen molar-refractivity contribution in [3.05, 3.63) is 77.7 Å². The summed E-state index contributed by atoms with van der Waals surface area (Å²) < 4.78 is 20.2. The van der Waals surface area contributed by atoms with E-state index >= 15 is 0 Å². The van der Waals surface area contributed by atoms with E-state index in [1.165, 1.54) is 40.0 Å². The second kappa shape index (κ2) is 10.7. The van der Waals surface area contributed by atoms with Crippen LogP contribution in [0.5, 0.6) is 0 Å². The minimum Gasteiger partial charge on any atom is -0.449 e. The highest BCUT2D eigenvalue weighted by molar-refractivity contribution is 5.98. The number of hydrogen-bond donors (Lipinski definition) is 2. The summed E-state index contributed by atoms with van der Waals surface area (Å²) in [6.45, 7) is 0.802. The molecule has 10 heteroatoms. The molecule has 0 bridgehead atoms. The highest BCUT2D eigenvalue weighted by atomic mass is 19.1. The largest absolute Gasteiger partial charge is 0.449 e. The molecule has 2 amide bonds. The minimum atomic E-state index is -0.686. The third kappa shape index (κ3) is 5.76. The number of nitrogens with one attached hydrogen (secondary N) is 1. The lowest BCUT2D eigenvalue weighted by atomic mass is 9.94. The average Bonchev–Trinajstić information content (AvgIpc) is 3.29.